The molecule has 0 spiro atoms. The molecule has 258 valence electrons. The molecule has 0 radical (unpaired) electrons. The maximum atomic E-state index is 15.4. The van der Waals surface area contributed by atoms with E-state index in [0.717, 1.165) is 22.3 Å². The highest BCUT2D eigenvalue weighted by atomic mass is 16.8. The fourth-order valence-electron chi connectivity index (χ4n) is 7.53. The number of hydrogen-bond acceptors (Lipinski definition) is 9. The second-order valence-corrected chi connectivity index (χ2v) is 13.6. The van der Waals surface area contributed by atoms with Gasteiger partial charge in [0.15, 0.2) is 28.8 Å². The van der Waals surface area contributed by atoms with Crippen molar-refractivity contribution in [1.82, 2.24) is 9.80 Å². The Morgan fingerprint density at radius 2 is 1.08 bits per heavy atom. The number of benzene rings is 4. The lowest BCUT2D eigenvalue weighted by Gasteiger charge is -2.37. The third kappa shape index (κ3) is 6.50. The van der Waals surface area contributed by atoms with Crippen molar-refractivity contribution < 1.29 is 33.2 Å². The summed E-state index contributed by atoms with van der Waals surface area (Å²) in [6, 6.07) is 29.6. The lowest BCUT2D eigenvalue weighted by Crippen LogP contribution is -2.51. The van der Waals surface area contributed by atoms with Gasteiger partial charge in [0.1, 0.15) is 12.2 Å². The standard InChI is InChI=1S/C40H36N4O7/c1-40(2)50-37-31(15-25-9-11-33-35(17-25)48-23-46-33)43(21-29-7-3-5-27(13-29)19-41)39(45)44(22-30-8-4-6-28(14-30)20-42)32(38(37)51-40)16-26-10-12-34-36(18-26)49-24-47-34/h3-14,17-18,31-32,37-38H,15-16,21-24H2,1-2H3/t31-,32-,37+,38+/m1/s1. The zero-order valence-corrected chi connectivity index (χ0v) is 28.3. The molecule has 4 aliphatic heterocycles. The number of ether oxygens (including phenoxy) is 6. The minimum atomic E-state index is -0.950. The molecule has 0 unspecified atom stereocenters. The van der Waals surface area contributed by atoms with Crippen LogP contribution in [0.4, 0.5) is 4.79 Å². The third-order valence-corrected chi connectivity index (χ3v) is 9.80. The van der Waals surface area contributed by atoms with Crippen LogP contribution in [-0.2, 0) is 35.4 Å². The number of nitriles is 2. The number of urea groups is 1. The van der Waals surface area contributed by atoms with Crippen molar-refractivity contribution in [3.8, 4) is 35.1 Å². The van der Waals surface area contributed by atoms with E-state index in [1.54, 1.807) is 12.1 Å². The van der Waals surface area contributed by atoms with E-state index in [1.165, 1.54) is 0 Å². The van der Waals surface area contributed by atoms with Crippen molar-refractivity contribution in [2.45, 2.75) is 69.9 Å². The maximum absolute atomic E-state index is 15.4. The van der Waals surface area contributed by atoms with Gasteiger partial charge in [-0.25, -0.2) is 4.79 Å². The second kappa shape index (κ2) is 13.2. The van der Waals surface area contributed by atoms with Gasteiger partial charge in [0.25, 0.3) is 0 Å². The number of fused-ring (bicyclic) bond motifs is 3. The molecule has 4 aromatic rings. The Morgan fingerprint density at radius 3 is 1.53 bits per heavy atom. The minimum absolute atomic E-state index is 0.154. The Labute approximate surface area is 296 Å². The molecule has 0 saturated carbocycles. The van der Waals surface area contributed by atoms with Crippen molar-refractivity contribution >= 4 is 6.03 Å². The number of hydrogen-bond donors (Lipinski definition) is 0. The van der Waals surface area contributed by atoms with E-state index in [1.807, 2.05) is 96.4 Å². The average Bonchev–Trinajstić information content (AvgIpc) is 3.88. The van der Waals surface area contributed by atoms with Gasteiger partial charge in [-0.3, -0.25) is 0 Å². The summed E-state index contributed by atoms with van der Waals surface area (Å²) in [6.07, 6.45) is -0.198. The molecule has 2 amide bonds. The molecule has 51 heavy (non-hydrogen) atoms. The van der Waals surface area contributed by atoms with Crippen molar-refractivity contribution in [2.24, 2.45) is 0 Å². The molecule has 0 N–H and O–H groups in total. The molecule has 8 rings (SSSR count). The molecule has 0 aliphatic carbocycles. The fraction of sp³-hybridized carbons (Fsp3) is 0.325. The topological polar surface area (TPSA) is 127 Å². The van der Waals surface area contributed by atoms with Crippen LogP contribution in [0.2, 0.25) is 0 Å². The molecule has 11 nitrogen and oxygen atoms in total. The summed E-state index contributed by atoms with van der Waals surface area (Å²) in [5.74, 6) is 1.71. The smallest absolute Gasteiger partial charge is 0.321 e. The SMILES string of the molecule is CC1(C)O[C@@H]2[C@@H](O1)[C@@H](Cc1ccc3c(c1)OCO3)N(Cc1cccc(C#N)c1)C(=O)N(Cc1cccc(C#N)c1)[C@@H]2Cc1ccc2c(c1)OCO2. The van der Waals surface area contributed by atoms with Crippen LogP contribution in [-0.4, -0.2) is 59.5 Å². The Hall–Kier alpha value is -5.75. The third-order valence-electron chi connectivity index (χ3n) is 9.80. The number of nitrogens with zero attached hydrogens (tertiary/aromatic N) is 4. The Balaban J connectivity index is 1.26. The van der Waals surface area contributed by atoms with E-state index in [2.05, 4.69) is 12.1 Å². The van der Waals surface area contributed by atoms with Gasteiger partial charge in [0.2, 0.25) is 13.6 Å². The highest BCUT2D eigenvalue weighted by Crippen LogP contribution is 2.42. The summed E-state index contributed by atoms with van der Waals surface area (Å²) in [5, 5.41) is 19.4. The van der Waals surface area contributed by atoms with Crippen LogP contribution in [0, 0.1) is 22.7 Å². The largest absolute Gasteiger partial charge is 0.454 e. The molecule has 2 saturated heterocycles. The van der Waals surface area contributed by atoms with Crippen molar-refractivity contribution in [2.75, 3.05) is 13.6 Å². The van der Waals surface area contributed by atoms with Crippen molar-refractivity contribution in [3.63, 3.8) is 0 Å². The van der Waals surface area contributed by atoms with Crippen LogP contribution in [0.3, 0.4) is 0 Å². The van der Waals surface area contributed by atoms with Gasteiger partial charge < -0.3 is 38.2 Å². The monoisotopic (exact) mass is 684 g/mol. The van der Waals surface area contributed by atoms with Gasteiger partial charge in [-0.15, -0.1) is 0 Å². The molecule has 0 aromatic heterocycles. The van der Waals surface area contributed by atoms with E-state index in [4.69, 9.17) is 28.4 Å². The minimum Gasteiger partial charge on any atom is -0.454 e. The van der Waals surface area contributed by atoms with Crippen LogP contribution in [0.5, 0.6) is 23.0 Å². The summed E-state index contributed by atoms with van der Waals surface area (Å²) in [4.78, 5) is 19.1. The van der Waals surface area contributed by atoms with Crippen LogP contribution in [0.1, 0.15) is 47.2 Å². The summed E-state index contributed by atoms with van der Waals surface area (Å²) < 4.78 is 36.2. The molecule has 4 heterocycles. The van der Waals surface area contributed by atoms with Crippen LogP contribution < -0.4 is 18.9 Å². The molecule has 4 aliphatic rings. The van der Waals surface area contributed by atoms with Gasteiger partial charge in [-0.1, -0.05) is 36.4 Å². The summed E-state index contributed by atoms with van der Waals surface area (Å²) in [7, 11) is 0. The van der Waals surface area contributed by atoms with E-state index in [-0.39, 0.29) is 32.7 Å². The first-order valence-electron chi connectivity index (χ1n) is 16.9. The lowest BCUT2D eigenvalue weighted by atomic mass is 9.90. The molecule has 2 fully saturated rings. The predicted molar refractivity (Wildman–Crippen MR) is 183 cm³/mol. The first-order chi connectivity index (χ1) is 24.8. The second-order valence-electron chi connectivity index (χ2n) is 13.6. The zero-order chi connectivity index (χ0) is 35.1. The number of carbonyl (C=O) groups is 1. The van der Waals surface area contributed by atoms with E-state index < -0.39 is 30.1 Å². The van der Waals surface area contributed by atoms with Gasteiger partial charge in [0, 0.05) is 13.1 Å². The Kier molecular flexibility index (Phi) is 8.39. The van der Waals surface area contributed by atoms with Crippen LogP contribution in [0.25, 0.3) is 0 Å². The highest BCUT2D eigenvalue weighted by molar-refractivity contribution is 5.76. The summed E-state index contributed by atoms with van der Waals surface area (Å²) in [6.45, 7) is 4.56. The number of carbonyl (C=O) groups excluding carboxylic acids is 1. The van der Waals surface area contributed by atoms with Crippen LogP contribution in [0.15, 0.2) is 84.9 Å². The quantitative estimate of drug-likeness (QED) is 0.217. The summed E-state index contributed by atoms with van der Waals surface area (Å²) >= 11 is 0. The average molecular weight is 685 g/mol. The van der Waals surface area contributed by atoms with Gasteiger partial charge in [0.05, 0.1) is 35.3 Å². The normalized spacial score (nSPS) is 22.6. The molecule has 4 atom stereocenters. The highest BCUT2D eigenvalue weighted by Gasteiger charge is 2.55. The van der Waals surface area contributed by atoms with Crippen LogP contribution >= 0.6 is 0 Å². The molecule has 4 aromatic carbocycles. The van der Waals surface area contributed by atoms with Crippen molar-refractivity contribution in [1.29, 1.82) is 10.5 Å². The molecule has 0 bridgehead atoms. The van der Waals surface area contributed by atoms with E-state index in [0.29, 0.717) is 47.0 Å². The van der Waals surface area contributed by atoms with Gasteiger partial charge in [-0.2, -0.15) is 10.5 Å². The molecule has 11 heteroatoms. The van der Waals surface area contributed by atoms with Gasteiger partial charge >= 0.3 is 6.03 Å². The number of amides is 2. The fourth-order valence-corrected chi connectivity index (χ4v) is 7.53. The summed E-state index contributed by atoms with van der Waals surface area (Å²) in [5.41, 5.74) is 4.53. The first-order valence-corrected chi connectivity index (χ1v) is 16.9. The lowest BCUT2D eigenvalue weighted by molar-refractivity contribution is -0.157. The van der Waals surface area contributed by atoms with E-state index >= 15 is 4.79 Å². The van der Waals surface area contributed by atoms with E-state index in [9.17, 15) is 10.5 Å². The Bertz CT molecular complexity index is 1930. The Morgan fingerprint density at radius 1 is 0.627 bits per heavy atom. The van der Waals surface area contributed by atoms with Crippen molar-refractivity contribution in [3.05, 3.63) is 118 Å². The first kappa shape index (κ1) is 32.5. The molecular weight excluding hydrogens is 648 g/mol. The van der Waals surface area contributed by atoms with Gasteiger partial charge in [-0.05, 0) is 97.5 Å². The molecular formula is C40H36N4O7. The maximum Gasteiger partial charge on any atom is 0.321 e. The predicted octanol–water partition coefficient (Wildman–Crippen LogP) is 6.07. The zero-order valence-electron chi connectivity index (χ0n) is 28.3. The number of rotatable bonds is 8.